The molecule has 0 radical (unpaired) electrons. The molecule has 0 aliphatic heterocycles. The van der Waals surface area contributed by atoms with E-state index < -0.39 is 0 Å². The zero-order valence-electron chi connectivity index (χ0n) is 7.52. The van der Waals surface area contributed by atoms with Crippen molar-refractivity contribution in [2.24, 2.45) is 0 Å². The van der Waals surface area contributed by atoms with Crippen LogP contribution in [0.15, 0.2) is 23.8 Å². The Kier molecular flexibility index (Phi) is 3.09. The van der Waals surface area contributed by atoms with Gasteiger partial charge in [0.1, 0.15) is 0 Å². The summed E-state index contributed by atoms with van der Waals surface area (Å²) in [5.74, 6) is 0.0792. The van der Waals surface area contributed by atoms with Gasteiger partial charge in [-0.1, -0.05) is 18.2 Å². The molecule has 0 fully saturated rings. The smallest absolute Gasteiger partial charge is 0.247 e. The fourth-order valence-corrected chi connectivity index (χ4v) is 1.22. The third kappa shape index (κ3) is 2.53. The number of carbonyl (C=O) groups is 1. The summed E-state index contributed by atoms with van der Waals surface area (Å²) in [5.41, 5.74) is 1.93. The number of allylic oxidation sites excluding steroid dienone is 1. The standard InChI is InChI=1S/C10H15NO/c1-8(2)7-11-10(12)9-5-3-4-6-9/h5H,1,3-4,6-7H2,2H3,(H,11,12). The van der Waals surface area contributed by atoms with Crippen LogP contribution in [0.4, 0.5) is 0 Å². The lowest BCUT2D eigenvalue weighted by atomic mass is 10.2. The number of amides is 1. The van der Waals surface area contributed by atoms with Crippen molar-refractivity contribution in [3.05, 3.63) is 23.8 Å². The second-order valence-corrected chi connectivity index (χ2v) is 3.26. The Balaban J connectivity index is 2.33. The topological polar surface area (TPSA) is 29.1 Å². The van der Waals surface area contributed by atoms with Gasteiger partial charge in [-0.25, -0.2) is 0 Å². The van der Waals surface area contributed by atoms with E-state index in [9.17, 15) is 4.79 Å². The van der Waals surface area contributed by atoms with E-state index in [0.29, 0.717) is 6.54 Å². The SMILES string of the molecule is C=C(C)CNC(=O)C1=CCCC1. The first-order valence-corrected chi connectivity index (χ1v) is 4.32. The van der Waals surface area contributed by atoms with E-state index in [1.54, 1.807) is 0 Å². The summed E-state index contributed by atoms with van der Waals surface area (Å²) in [7, 11) is 0. The van der Waals surface area contributed by atoms with E-state index >= 15 is 0 Å². The van der Waals surface area contributed by atoms with Crippen molar-refractivity contribution >= 4 is 5.91 Å². The molecule has 1 amide bonds. The molecule has 0 bridgehead atoms. The van der Waals surface area contributed by atoms with Crippen molar-refractivity contribution in [3.63, 3.8) is 0 Å². The van der Waals surface area contributed by atoms with E-state index in [1.807, 2.05) is 13.0 Å². The van der Waals surface area contributed by atoms with Crippen molar-refractivity contribution in [1.29, 1.82) is 0 Å². The third-order valence-corrected chi connectivity index (χ3v) is 1.88. The van der Waals surface area contributed by atoms with Gasteiger partial charge in [0, 0.05) is 12.1 Å². The van der Waals surface area contributed by atoms with E-state index in [1.165, 1.54) is 0 Å². The van der Waals surface area contributed by atoms with Gasteiger partial charge in [0.2, 0.25) is 5.91 Å². The predicted octanol–water partition coefficient (Wildman–Crippen LogP) is 1.79. The van der Waals surface area contributed by atoms with Crippen LogP contribution in [-0.2, 0) is 4.79 Å². The van der Waals surface area contributed by atoms with E-state index in [0.717, 1.165) is 30.4 Å². The monoisotopic (exact) mass is 165 g/mol. The number of hydrogen-bond acceptors (Lipinski definition) is 1. The van der Waals surface area contributed by atoms with E-state index in [4.69, 9.17) is 0 Å². The van der Waals surface area contributed by atoms with Gasteiger partial charge in [0.15, 0.2) is 0 Å². The Hall–Kier alpha value is -1.05. The van der Waals surface area contributed by atoms with Gasteiger partial charge in [-0.3, -0.25) is 4.79 Å². The summed E-state index contributed by atoms with van der Waals surface area (Å²) in [4.78, 5) is 11.3. The number of hydrogen-bond donors (Lipinski definition) is 1. The average Bonchev–Trinajstić information content (AvgIpc) is 2.51. The summed E-state index contributed by atoms with van der Waals surface area (Å²) >= 11 is 0. The molecular weight excluding hydrogens is 150 g/mol. The van der Waals surface area contributed by atoms with E-state index in [-0.39, 0.29) is 5.91 Å². The van der Waals surface area contributed by atoms with Gasteiger partial charge in [-0.15, -0.1) is 0 Å². The maximum absolute atomic E-state index is 11.3. The molecule has 12 heavy (non-hydrogen) atoms. The van der Waals surface area contributed by atoms with Crippen LogP contribution >= 0.6 is 0 Å². The zero-order chi connectivity index (χ0) is 8.97. The molecule has 1 aliphatic rings. The highest BCUT2D eigenvalue weighted by molar-refractivity contribution is 5.93. The predicted molar refractivity (Wildman–Crippen MR) is 49.8 cm³/mol. The highest BCUT2D eigenvalue weighted by atomic mass is 16.1. The maximum atomic E-state index is 11.3. The van der Waals surface area contributed by atoms with Crippen molar-refractivity contribution < 1.29 is 4.79 Å². The molecule has 0 aromatic heterocycles. The summed E-state index contributed by atoms with van der Waals surface area (Å²) < 4.78 is 0. The Bertz CT molecular complexity index is 228. The van der Waals surface area contributed by atoms with Crippen LogP contribution in [0.1, 0.15) is 26.2 Å². The van der Waals surface area contributed by atoms with Gasteiger partial charge in [-0.05, 0) is 26.2 Å². The van der Waals surface area contributed by atoms with Crippen LogP contribution in [0.25, 0.3) is 0 Å². The highest BCUT2D eigenvalue weighted by Crippen LogP contribution is 2.17. The second-order valence-electron chi connectivity index (χ2n) is 3.26. The van der Waals surface area contributed by atoms with Gasteiger partial charge >= 0.3 is 0 Å². The van der Waals surface area contributed by atoms with Crippen molar-refractivity contribution in [1.82, 2.24) is 5.32 Å². The Morgan fingerprint density at radius 2 is 2.50 bits per heavy atom. The Labute approximate surface area is 73.4 Å². The molecule has 1 N–H and O–H groups in total. The number of nitrogens with one attached hydrogen (secondary N) is 1. The van der Waals surface area contributed by atoms with Crippen LogP contribution < -0.4 is 5.32 Å². The van der Waals surface area contributed by atoms with Gasteiger partial charge in [0.05, 0.1) is 0 Å². The molecule has 0 saturated carbocycles. The molecule has 0 heterocycles. The minimum Gasteiger partial charge on any atom is -0.349 e. The van der Waals surface area contributed by atoms with Gasteiger partial charge in [-0.2, -0.15) is 0 Å². The first-order chi connectivity index (χ1) is 5.70. The molecule has 0 aromatic rings. The molecule has 0 atom stereocenters. The summed E-state index contributed by atoms with van der Waals surface area (Å²) in [6, 6.07) is 0. The summed E-state index contributed by atoms with van der Waals surface area (Å²) in [6.45, 7) is 6.22. The van der Waals surface area contributed by atoms with Crippen molar-refractivity contribution in [3.8, 4) is 0 Å². The van der Waals surface area contributed by atoms with Crippen LogP contribution in [0, 0.1) is 0 Å². The first-order valence-electron chi connectivity index (χ1n) is 4.32. The largest absolute Gasteiger partial charge is 0.349 e. The molecule has 0 spiro atoms. The molecule has 1 aliphatic carbocycles. The molecule has 2 nitrogen and oxygen atoms in total. The molecule has 2 heteroatoms. The molecule has 0 saturated heterocycles. The van der Waals surface area contributed by atoms with Crippen LogP contribution in [0.5, 0.6) is 0 Å². The van der Waals surface area contributed by atoms with E-state index in [2.05, 4.69) is 11.9 Å². The Morgan fingerprint density at radius 3 is 3.00 bits per heavy atom. The first kappa shape index (κ1) is 9.04. The third-order valence-electron chi connectivity index (χ3n) is 1.88. The quantitative estimate of drug-likeness (QED) is 0.635. The second kappa shape index (κ2) is 4.10. The lowest BCUT2D eigenvalue weighted by molar-refractivity contribution is -0.117. The fourth-order valence-electron chi connectivity index (χ4n) is 1.22. The molecule has 0 unspecified atom stereocenters. The normalized spacial score (nSPS) is 15.6. The van der Waals surface area contributed by atoms with Gasteiger partial charge < -0.3 is 5.32 Å². The zero-order valence-corrected chi connectivity index (χ0v) is 7.52. The number of carbonyl (C=O) groups excluding carboxylic acids is 1. The highest BCUT2D eigenvalue weighted by Gasteiger charge is 2.11. The van der Waals surface area contributed by atoms with Crippen LogP contribution in [0.2, 0.25) is 0 Å². The molecule has 66 valence electrons. The lowest BCUT2D eigenvalue weighted by Gasteiger charge is -2.04. The molecule has 1 rings (SSSR count). The average molecular weight is 165 g/mol. The Morgan fingerprint density at radius 1 is 1.75 bits per heavy atom. The summed E-state index contributed by atoms with van der Waals surface area (Å²) in [5, 5.41) is 2.82. The van der Waals surface area contributed by atoms with Gasteiger partial charge in [0.25, 0.3) is 0 Å². The van der Waals surface area contributed by atoms with Crippen LogP contribution in [0.3, 0.4) is 0 Å². The fraction of sp³-hybridized carbons (Fsp3) is 0.500. The number of rotatable bonds is 3. The maximum Gasteiger partial charge on any atom is 0.247 e. The minimum atomic E-state index is 0.0792. The van der Waals surface area contributed by atoms with Crippen molar-refractivity contribution in [2.45, 2.75) is 26.2 Å². The van der Waals surface area contributed by atoms with Crippen molar-refractivity contribution in [2.75, 3.05) is 6.54 Å². The van der Waals surface area contributed by atoms with Crippen LogP contribution in [-0.4, -0.2) is 12.5 Å². The summed E-state index contributed by atoms with van der Waals surface area (Å²) in [6.07, 6.45) is 5.13. The minimum absolute atomic E-state index is 0.0792. The molecule has 0 aromatic carbocycles. The lowest BCUT2D eigenvalue weighted by Crippen LogP contribution is -2.25. The molecular formula is C10H15NO.